The molecule has 23 heavy (non-hydrogen) atoms. The zero-order valence-corrected chi connectivity index (χ0v) is 12.8. The molecule has 0 amide bonds. The Morgan fingerprint density at radius 2 is 1.65 bits per heavy atom. The summed E-state index contributed by atoms with van der Waals surface area (Å²) in [5.41, 5.74) is 1.03. The lowest BCUT2D eigenvalue weighted by molar-refractivity contribution is 0.415. The van der Waals surface area contributed by atoms with Crippen molar-refractivity contribution < 1.29 is 13.9 Å². The Balaban J connectivity index is 2.17. The van der Waals surface area contributed by atoms with Crippen LogP contribution < -0.4 is 14.9 Å². The van der Waals surface area contributed by atoms with Gasteiger partial charge in [-0.15, -0.1) is 0 Å². The molecule has 0 aliphatic carbocycles. The summed E-state index contributed by atoms with van der Waals surface area (Å²) in [6.45, 7) is 0. The average Bonchev–Trinajstić information content (AvgIpc) is 2.59. The second kappa shape index (κ2) is 5.02. The second-order valence-corrected chi connectivity index (χ2v) is 5.32. The molecular weight excluding hydrogens is 292 g/mol. The van der Waals surface area contributed by atoms with Crippen LogP contribution in [0.3, 0.4) is 0 Å². The van der Waals surface area contributed by atoms with Crippen LogP contribution in [-0.2, 0) is 0 Å². The third-order valence-corrected chi connectivity index (χ3v) is 4.06. The molecule has 0 atom stereocenters. The first kappa shape index (κ1) is 13.6. The van der Waals surface area contributed by atoms with Gasteiger partial charge in [0, 0.05) is 5.39 Å². The van der Waals surface area contributed by atoms with Crippen LogP contribution in [0, 0.1) is 0 Å². The first-order valence-electron chi connectivity index (χ1n) is 7.22. The molecular formula is C19H14O4. The Bertz CT molecular complexity index is 1110. The van der Waals surface area contributed by atoms with E-state index in [1.165, 1.54) is 0 Å². The van der Waals surface area contributed by atoms with Gasteiger partial charge in [0.25, 0.3) is 0 Å². The third-order valence-electron chi connectivity index (χ3n) is 4.06. The number of fused-ring (bicyclic) bond motifs is 3. The summed E-state index contributed by atoms with van der Waals surface area (Å²) in [5, 5.41) is 2.89. The summed E-state index contributed by atoms with van der Waals surface area (Å²) < 4.78 is 16.5. The lowest BCUT2D eigenvalue weighted by Crippen LogP contribution is -2.02. The van der Waals surface area contributed by atoms with Crippen LogP contribution in [0.15, 0.2) is 57.7 Å². The van der Waals surface area contributed by atoms with Gasteiger partial charge in [-0.3, -0.25) is 4.79 Å². The molecule has 0 N–H and O–H groups in total. The van der Waals surface area contributed by atoms with Gasteiger partial charge in [0.2, 0.25) is 5.43 Å². The molecule has 4 nitrogen and oxygen atoms in total. The standard InChI is InChI=1S/C19H14O4/c1-21-12-6-7-17-14(9-12)19(20)15-10-13-11(8-18(15)23-17)4-3-5-16(13)22-2/h3-10H,1-2H3. The summed E-state index contributed by atoms with van der Waals surface area (Å²) in [7, 11) is 3.19. The van der Waals surface area contributed by atoms with Crippen molar-refractivity contribution >= 4 is 32.7 Å². The van der Waals surface area contributed by atoms with E-state index in [0.717, 1.165) is 16.5 Å². The zero-order valence-electron chi connectivity index (χ0n) is 12.8. The lowest BCUT2D eigenvalue weighted by atomic mass is 10.0. The topological polar surface area (TPSA) is 48.7 Å². The maximum Gasteiger partial charge on any atom is 0.200 e. The number of methoxy groups -OCH3 is 2. The van der Waals surface area contributed by atoms with E-state index in [1.807, 2.05) is 30.3 Å². The Kier molecular flexibility index (Phi) is 2.98. The quantitative estimate of drug-likeness (QED) is 0.523. The van der Waals surface area contributed by atoms with E-state index in [2.05, 4.69) is 0 Å². The Morgan fingerprint density at radius 3 is 2.43 bits per heavy atom. The van der Waals surface area contributed by atoms with Gasteiger partial charge >= 0.3 is 0 Å². The van der Waals surface area contributed by atoms with E-state index < -0.39 is 0 Å². The van der Waals surface area contributed by atoms with Crippen molar-refractivity contribution in [3.05, 3.63) is 58.8 Å². The SMILES string of the molecule is COc1ccc2oc3cc4cccc(OC)c4cc3c(=O)c2c1. The molecule has 4 heteroatoms. The summed E-state index contributed by atoms with van der Waals surface area (Å²) in [6, 6.07) is 14.7. The Hall–Kier alpha value is -3.01. The van der Waals surface area contributed by atoms with Crippen molar-refractivity contribution in [2.45, 2.75) is 0 Å². The molecule has 114 valence electrons. The summed E-state index contributed by atoms with van der Waals surface area (Å²) in [4.78, 5) is 12.8. The fraction of sp³-hybridized carbons (Fsp3) is 0.105. The fourth-order valence-electron chi connectivity index (χ4n) is 2.88. The van der Waals surface area contributed by atoms with E-state index >= 15 is 0 Å². The minimum absolute atomic E-state index is 0.0760. The molecule has 4 aromatic rings. The van der Waals surface area contributed by atoms with Crippen molar-refractivity contribution in [1.82, 2.24) is 0 Å². The molecule has 0 unspecified atom stereocenters. The first-order chi connectivity index (χ1) is 11.2. The van der Waals surface area contributed by atoms with E-state index in [1.54, 1.807) is 32.4 Å². The average molecular weight is 306 g/mol. The van der Waals surface area contributed by atoms with Crippen molar-refractivity contribution in [1.29, 1.82) is 0 Å². The fourth-order valence-corrected chi connectivity index (χ4v) is 2.88. The summed E-state index contributed by atoms with van der Waals surface area (Å²) in [6.07, 6.45) is 0. The monoisotopic (exact) mass is 306 g/mol. The Morgan fingerprint density at radius 1 is 0.826 bits per heavy atom. The van der Waals surface area contributed by atoms with E-state index in [9.17, 15) is 4.79 Å². The summed E-state index contributed by atoms with van der Waals surface area (Å²) in [5.74, 6) is 1.36. The predicted molar refractivity (Wildman–Crippen MR) is 90.6 cm³/mol. The molecule has 0 aliphatic rings. The van der Waals surface area contributed by atoms with Gasteiger partial charge in [0.15, 0.2) is 0 Å². The van der Waals surface area contributed by atoms with Gasteiger partial charge in [0.1, 0.15) is 22.7 Å². The number of hydrogen-bond acceptors (Lipinski definition) is 4. The minimum Gasteiger partial charge on any atom is -0.497 e. The van der Waals surface area contributed by atoms with Crippen molar-refractivity contribution in [3.8, 4) is 11.5 Å². The van der Waals surface area contributed by atoms with Crippen LogP contribution >= 0.6 is 0 Å². The molecule has 0 bridgehead atoms. The van der Waals surface area contributed by atoms with E-state index in [4.69, 9.17) is 13.9 Å². The van der Waals surface area contributed by atoms with Gasteiger partial charge in [-0.1, -0.05) is 12.1 Å². The molecule has 0 aliphatic heterocycles. The highest BCUT2D eigenvalue weighted by molar-refractivity contribution is 6.01. The van der Waals surface area contributed by atoms with Crippen LogP contribution in [-0.4, -0.2) is 14.2 Å². The maximum absolute atomic E-state index is 12.8. The maximum atomic E-state index is 12.8. The number of ether oxygens (including phenoxy) is 2. The largest absolute Gasteiger partial charge is 0.497 e. The number of hydrogen-bond donors (Lipinski definition) is 0. The molecule has 0 fully saturated rings. The molecule has 1 heterocycles. The Labute approximate surface area is 131 Å². The molecule has 0 saturated heterocycles. The smallest absolute Gasteiger partial charge is 0.200 e. The lowest BCUT2D eigenvalue weighted by Gasteiger charge is -2.08. The van der Waals surface area contributed by atoms with Crippen LogP contribution in [0.1, 0.15) is 0 Å². The van der Waals surface area contributed by atoms with Crippen molar-refractivity contribution in [2.75, 3.05) is 14.2 Å². The molecule has 0 saturated carbocycles. The molecule has 1 aromatic heterocycles. The highest BCUT2D eigenvalue weighted by atomic mass is 16.5. The van der Waals surface area contributed by atoms with Gasteiger partial charge < -0.3 is 13.9 Å². The third kappa shape index (κ3) is 2.03. The van der Waals surface area contributed by atoms with Gasteiger partial charge in [-0.2, -0.15) is 0 Å². The summed E-state index contributed by atoms with van der Waals surface area (Å²) >= 11 is 0. The number of rotatable bonds is 2. The van der Waals surface area contributed by atoms with Crippen LogP contribution in [0.5, 0.6) is 11.5 Å². The van der Waals surface area contributed by atoms with Gasteiger partial charge in [-0.05, 0) is 41.8 Å². The normalized spacial score (nSPS) is 11.2. The zero-order chi connectivity index (χ0) is 16.0. The van der Waals surface area contributed by atoms with Crippen molar-refractivity contribution in [3.63, 3.8) is 0 Å². The van der Waals surface area contributed by atoms with Crippen molar-refractivity contribution in [2.24, 2.45) is 0 Å². The van der Waals surface area contributed by atoms with Crippen LogP contribution in [0.4, 0.5) is 0 Å². The first-order valence-corrected chi connectivity index (χ1v) is 7.22. The highest BCUT2D eigenvalue weighted by Crippen LogP contribution is 2.30. The number of benzene rings is 3. The molecule has 4 rings (SSSR count). The highest BCUT2D eigenvalue weighted by Gasteiger charge is 2.11. The minimum atomic E-state index is -0.0760. The van der Waals surface area contributed by atoms with E-state index in [0.29, 0.717) is 27.7 Å². The molecule has 0 spiro atoms. The van der Waals surface area contributed by atoms with E-state index in [-0.39, 0.29) is 5.43 Å². The van der Waals surface area contributed by atoms with Crippen LogP contribution in [0.2, 0.25) is 0 Å². The second-order valence-electron chi connectivity index (χ2n) is 5.32. The van der Waals surface area contributed by atoms with Crippen LogP contribution in [0.25, 0.3) is 32.7 Å². The molecule has 0 radical (unpaired) electrons. The van der Waals surface area contributed by atoms with Gasteiger partial charge in [-0.25, -0.2) is 0 Å². The predicted octanol–water partition coefficient (Wildman–Crippen LogP) is 4.12. The molecule has 3 aromatic carbocycles. The van der Waals surface area contributed by atoms with Gasteiger partial charge in [0.05, 0.1) is 25.0 Å².